The van der Waals surface area contributed by atoms with Gasteiger partial charge in [0, 0.05) is 0 Å². The van der Waals surface area contributed by atoms with Crippen molar-refractivity contribution in [2.75, 3.05) is 12.4 Å². The number of anilines is 1. The first-order valence-corrected chi connectivity index (χ1v) is 4.90. The number of methoxy groups -OCH3 is 1. The van der Waals surface area contributed by atoms with Gasteiger partial charge in [0.25, 0.3) is 11.7 Å². The molecule has 0 saturated carbocycles. The van der Waals surface area contributed by atoms with Gasteiger partial charge in [-0.05, 0) is 29.8 Å². The van der Waals surface area contributed by atoms with E-state index in [1.54, 1.807) is 13.2 Å². The van der Waals surface area contributed by atoms with Crippen LogP contribution in [0.5, 0.6) is 5.75 Å². The van der Waals surface area contributed by atoms with Crippen LogP contribution in [0.1, 0.15) is 16.2 Å². The van der Waals surface area contributed by atoms with E-state index in [0.717, 1.165) is 5.56 Å². The molecule has 0 radical (unpaired) electrons. The lowest BCUT2D eigenvalue weighted by Crippen LogP contribution is -2.14. The lowest BCUT2D eigenvalue weighted by atomic mass is 10.2. The fourth-order valence-corrected chi connectivity index (χ4v) is 1.34. The van der Waals surface area contributed by atoms with Gasteiger partial charge in [-0.1, -0.05) is 6.07 Å². The number of carbonyl (C=O) groups is 1. The van der Waals surface area contributed by atoms with Crippen molar-refractivity contribution in [2.45, 2.75) is 6.92 Å². The molecule has 1 aromatic heterocycles. The molecule has 1 amide bonds. The largest absolute Gasteiger partial charge is 0.495 e. The lowest BCUT2D eigenvalue weighted by Gasteiger charge is -2.09. The van der Waals surface area contributed by atoms with Crippen LogP contribution in [0, 0.1) is 6.92 Å². The third-order valence-electron chi connectivity index (χ3n) is 2.15. The minimum absolute atomic E-state index is 0.0207. The molecule has 7 heteroatoms. The molecule has 2 rings (SSSR count). The van der Waals surface area contributed by atoms with Gasteiger partial charge in [-0.15, -0.1) is 10.2 Å². The Kier molecular flexibility index (Phi) is 2.99. The molecule has 0 saturated heterocycles. The Bertz CT molecular complexity index is 523. The van der Waals surface area contributed by atoms with Crippen molar-refractivity contribution in [3.05, 3.63) is 29.6 Å². The SMILES string of the molecule is COc1cc(C)ccc1NC(=O)c1nn[nH]n1. The molecule has 1 aromatic carbocycles. The predicted octanol–water partition coefficient (Wildman–Crippen LogP) is 0.769. The second kappa shape index (κ2) is 4.60. The number of nitrogens with one attached hydrogen (secondary N) is 2. The molecule has 7 nitrogen and oxygen atoms in total. The normalized spacial score (nSPS) is 10.0. The number of hydrogen-bond donors (Lipinski definition) is 2. The quantitative estimate of drug-likeness (QED) is 0.816. The zero-order valence-corrected chi connectivity index (χ0v) is 9.39. The number of nitrogens with zero attached hydrogens (tertiary/aromatic N) is 3. The molecule has 88 valence electrons. The molecule has 0 atom stereocenters. The van der Waals surface area contributed by atoms with Crippen LogP contribution in [0.4, 0.5) is 5.69 Å². The molecule has 0 bridgehead atoms. The van der Waals surface area contributed by atoms with Gasteiger partial charge in [0.15, 0.2) is 0 Å². The second-order valence-corrected chi connectivity index (χ2v) is 3.39. The number of aromatic nitrogens is 4. The topological polar surface area (TPSA) is 92.8 Å². The van der Waals surface area contributed by atoms with E-state index in [1.165, 1.54) is 0 Å². The predicted molar refractivity (Wildman–Crippen MR) is 59.9 cm³/mol. The van der Waals surface area contributed by atoms with E-state index in [2.05, 4.69) is 25.9 Å². The summed E-state index contributed by atoms with van der Waals surface area (Å²) in [5, 5.41) is 15.3. The summed E-state index contributed by atoms with van der Waals surface area (Å²) in [6.07, 6.45) is 0. The first-order valence-electron chi connectivity index (χ1n) is 4.90. The lowest BCUT2D eigenvalue weighted by molar-refractivity contribution is 0.101. The maximum absolute atomic E-state index is 11.7. The van der Waals surface area contributed by atoms with Crippen molar-refractivity contribution < 1.29 is 9.53 Å². The fraction of sp³-hybridized carbons (Fsp3) is 0.200. The molecule has 17 heavy (non-hydrogen) atoms. The summed E-state index contributed by atoms with van der Waals surface area (Å²) >= 11 is 0. The maximum Gasteiger partial charge on any atom is 0.297 e. The van der Waals surface area contributed by atoms with E-state index in [0.29, 0.717) is 11.4 Å². The van der Waals surface area contributed by atoms with E-state index in [9.17, 15) is 4.79 Å². The number of benzene rings is 1. The number of amides is 1. The van der Waals surface area contributed by atoms with Crippen LogP contribution in [-0.2, 0) is 0 Å². The standard InChI is InChI=1S/C10H11N5O2/c1-6-3-4-7(8(5-6)17-2)11-10(16)9-12-14-15-13-9/h3-5H,1-2H3,(H,11,16)(H,12,13,14,15). The molecular formula is C10H11N5O2. The van der Waals surface area contributed by atoms with E-state index < -0.39 is 5.91 Å². The number of H-pyrrole nitrogens is 1. The highest BCUT2D eigenvalue weighted by Gasteiger charge is 2.13. The zero-order chi connectivity index (χ0) is 12.3. The highest BCUT2D eigenvalue weighted by Crippen LogP contribution is 2.25. The number of tetrazole rings is 1. The van der Waals surface area contributed by atoms with Crippen molar-refractivity contribution in [2.24, 2.45) is 0 Å². The second-order valence-electron chi connectivity index (χ2n) is 3.39. The maximum atomic E-state index is 11.7. The first-order chi connectivity index (χ1) is 8.20. The summed E-state index contributed by atoms with van der Waals surface area (Å²) in [6, 6.07) is 5.45. The Labute approximate surface area is 97.2 Å². The number of carbonyl (C=O) groups excluding carboxylic acids is 1. The van der Waals surface area contributed by atoms with E-state index in [4.69, 9.17) is 4.74 Å². The Morgan fingerprint density at radius 3 is 2.94 bits per heavy atom. The van der Waals surface area contributed by atoms with Crippen molar-refractivity contribution in [3.8, 4) is 5.75 Å². The van der Waals surface area contributed by atoms with E-state index >= 15 is 0 Å². The smallest absolute Gasteiger partial charge is 0.297 e. The van der Waals surface area contributed by atoms with Crippen LogP contribution in [-0.4, -0.2) is 33.6 Å². The summed E-state index contributed by atoms with van der Waals surface area (Å²) in [6.45, 7) is 1.94. The fourth-order valence-electron chi connectivity index (χ4n) is 1.34. The van der Waals surface area contributed by atoms with Gasteiger partial charge >= 0.3 is 0 Å². The molecule has 0 fully saturated rings. The summed E-state index contributed by atoms with van der Waals surface area (Å²) in [7, 11) is 1.54. The summed E-state index contributed by atoms with van der Waals surface area (Å²) in [4.78, 5) is 11.7. The van der Waals surface area contributed by atoms with Gasteiger partial charge in [-0.25, -0.2) is 0 Å². The molecule has 0 aliphatic heterocycles. The van der Waals surface area contributed by atoms with Gasteiger partial charge in [-0.2, -0.15) is 5.21 Å². The van der Waals surface area contributed by atoms with Crippen molar-refractivity contribution in [3.63, 3.8) is 0 Å². The number of aryl methyl sites for hydroxylation is 1. The Morgan fingerprint density at radius 1 is 1.47 bits per heavy atom. The minimum Gasteiger partial charge on any atom is -0.495 e. The highest BCUT2D eigenvalue weighted by molar-refractivity contribution is 6.02. The van der Waals surface area contributed by atoms with E-state index in [-0.39, 0.29) is 5.82 Å². The molecule has 0 unspecified atom stereocenters. The van der Waals surface area contributed by atoms with Gasteiger partial charge in [-0.3, -0.25) is 4.79 Å². The van der Waals surface area contributed by atoms with Gasteiger partial charge in [0.1, 0.15) is 5.75 Å². The number of hydrogen-bond acceptors (Lipinski definition) is 5. The third kappa shape index (κ3) is 2.39. The molecule has 0 aliphatic rings. The Morgan fingerprint density at radius 2 is 2.29 bits per heavy atom. The van der Waals surface area contributed by atoms with Gasteiger partial charge in [0.05, 0.1) is 12.8 Å². The zero-order valence-electron chi connectivity index (χ0n) is 9.39. The summed E-state index contributed by atoms with van der Waals surface area (Å²) in [5.74, 6) is 0.121. The van der Waals surface area contributed by atoms with Crippen molar-refractivity contribution >= 4 is 11.6 Å². The van der Waals surface area contributed by atoms with Crippen LogP contribution in [0.3, 0.4) is 0 Å². The van der Waals surface area contributed by atoms with Crippen LogP contribution in [0.2, 0.25) is 0 Å². The third-order valence-corrected chi connectivity index (χ3v) is 2.15. The van der Waals surface area contributed by atoms with Crippen molar-refractivity contribution in [1.82, 2.24) is 20.6 Å². The Balaban J connectivity index is 2.21. The summed E-state index contributed by atoms with van der Waals surface area (Å²) in [5.41, 5.74) is 1.60. The average Bonchev–Trinajstić information content (AvgIpc) is 2.85. The van der Waals surface area contributed by atoms with Crippen LogP contribution < -0.4 is 10.1 Å². The number of aromatic amines is 1. The Hall–Kier alpha value is -2.44. The molecule has 0 aliphatic carbocycles. The van der Waals surface area contributed by atoms with Crippen LogP contribution in [0.15, 0.2) is 18.2 Å². The molecule has 0 spiro atoms. The molecule has 2 aromatic rings. The number of rotatable bonds is 3. The summed E-state index contributed by atoms with van der Waals surface area (Å²) < 4.78 is 5.17. The average molecular weight is 233 g/mol. The molecule has 2 N–H and O–H groups in total. The first kappa shape index (κ1) is 11.1. The van der Waals surface area contributed by atoms with E-state index in [1.807, 2.05) is 19.1 Å². The highest BCUT2D eigenvalue weighted by atomic mass is 16.5. The number of ether oxygens (including phenoxy) is 1. The monoisotopic (exact) mass is 233 g/mol. The van der Waals surface area contributed by atoms with Crippen molar-refractivity contribution in [1.29, 1.82) is 0 Å². The van der Waals surface area contributed by atoms with Gasteiger partial charge in [0.2, 0.25) is 0 Å². The molecular weight excluding hydrogens is 222 g/mol. The minimum atomic E-state index is -0.444. The van der Waals surface area contributed by atoms with Crippen LogP contribution >= 0.6 is 0 Å². The molecule has 1 heterocycles. The van der Waals surface area contributed by atoms with Gasteiger partial charge < -0.3 is 10.1 Å². The van der Waals surface area contributed by atoms with Crippen LogP contribution in [0.25, 0.3) is 0 Å².